The van der Waals surface area contributed by atoms with Gasteiger partial charge in [0.05, 0.1) is 0 Å². The number of amides is 2. The summed E-state index contributed by atoms with van der Waals surface area (Å²) in [6, 6.07) is -0.364. The zero-order chi connectivity index (χ0) is 13.9. The molecule has 1 aliphatic rings. The van der Waals surface area contributed by atoms with E-state index in [0.717, 1.165) is 0 Å². The number of rotatable bonds is 5. The number of carbonyl (C=O) groups excluding carboxylic acids is 2. The Labute approximate surface area is 109 Å². The molecule has 0 aromatic rings. The van der Waals surface area contributed by atoms with Gasteiger partial charge in [0.15, 0.2) is 0 Å². The van der Waals surface area contributed by atoms with Crippen LogP contribution in [-0.4, -0.2) is 34.8 Å². The van der Waals surface area contributed by atoms with Crippen molar-refractivity contribution in [2.75, 3.05) is 6.54 Å². The number of nitrogens with zero attached hydrogens (tertiary/aromatic N) is 1. The molecule has 0 aromatic heterocycles. The molecule has 2 amide bonds. The zero-order valence-corrected chi connectivity index (χ0v) is 11.8. The van der Waals surface area contributed by atoms with Crippen LogP contribution in [-0.2, 0) is 9.59 Å². The number of piperazine rings is 1. The van der Waals surface area contributed by atoms with E-state index in [4.69, 9.17) is 0 Å². The molecule has 0 bridgehead atoms. The Hall–Kier alpha value is -1.32. The first kappa shape index (κ1) is 14.7. The molecule has 1 heterocycles. The molecule has 1 N–H and O–H groups in total. The normalized spacial score (nSPS) is 28.5. The molecule has 1 aliphatic heterocycles. The van der Waals surface area contributed by atoms with Gasteiger partial charge in [-0.05, 0) is 25.7 Å². The SMILES string of the molecule is C=CCCN1C(=O)C(C)(CC)NC(=O)C1C(C)C. The summed E-state index contributed by atoms with van der Waals surface area (Å²) in [6.45, 7) is 11.9. The van der Waals surface area contributed by atoms with Crippen LogP contribution in [0.3, 0.4) is 0 Å². The highest BCUT2D eigenvalue weighted by atomic mass is 16.2. The van der Waals surface area contributed by atoms with Crippen molar-refractivity contribution in [2.24, 2.45) is 5.92 Å². The van der Waals surface area contributed by atoms with Gasteiger partial charge in [0.25, 0.3) is 0 Å². The Morgan fingerprint density at radius 1 is 1.50 bits per heavy atom. The van der Waals surface area contributed by atoms with Crippen LogP contribution in [0.4, 0.5) is 0 Å². The lowest BCUT2D eigenvalue weighted by molar-refractivity contribution is -0.156. The summed E-state index contributed by atoms with van der Waals surface area (Å²) in [6.07, 6.45) is 3.09. The van der Waals surface area contributed by atoms with Crippen molar-refractivity contribution in [3.05, 3.63) is 12.7 Å². The third-order valence-corrected chi connectivity index (χ3v) is 3.65. The topological polar surface area (TPSA) is 49.4 Å². The highest BCUT2D eigenvalue weighted by Crippen LogP contribution is 2.25. The minimum absolute atomic E-state index is 0.0187. The third kappa shape index (κ3) is 2.57. The molecule has 0 aliphatic carbocycles. The van der Waals surface area contributed by atoms with Crippen molar-refractivity contribution in [2.45, 2.75) is 52.1 Å². The van der Waals surface area contributed by atoms with E-state index in [1.54, 1.807) is 17.9 Å². The van der Waals surface area contributed by atoms with Crippen LogP contribution >= 0.6 is 0 Å². The molecule has 4 heteroatoms. The van der Waals surface area contributed by atoms with Gasteiger partial charge in [0.1, 0.15) is 11.6 Å². The van der Waals surface area contributed by atoms with Crippen molar-refractivity contribution in [1.82, 2.24) is 10.2 Å². The molecule has 2 unspecified atom stereocenters. The zero-order valence-electron chi connectivity index (χ0n) is 11.8. The maximum atomic E-state index is 12.5. The van der Waals surface area contributed by atoms with Gasteiger partial charge in [0.2, 0.25) is 11.8 Å². The predicted octanol–water partition coefficient (Wildman–Crippen LogP) is 1.71. The lowest BCUT2D eigenvalue weighted by Gasteiger charge is -2.45. The average Bonchev–Trinajstić information content (AvgIpc) is 2.31. The second-order valence-corrected chi connectivity index (χ2v) is 5.44. The first-order chi connectivity index (χ1) is 8.37. The lowest BCUT2D eigenvalue weighted by atomic mass is 9.88. The van der Waals surface area contributed by atoms with E-state index in [1.165, 1.54) is 0 Å². The van der Waals surface area contributed by atoms with E-state index < -0.39 is 5.54 Å². The van der Waals surface area contributed by atoms with E-state index in [9.17, 15) is 9.59 Å². The fourth-order valence-electron chi connectivity index (χ4n) is 2.36. The van der Waals surface area contributed by atoms with E-state index in [-0.39, 0.29) is 23.8 Å². The maximum Gasteiger partial charge on any atom is 0.248 e. The highest BCUT2D eigenvalue weighted by Gasteiger charge is 2.47. The molecule has 102 valence electrons. The molecule has 0 aromatic carbocycles. The molecule has 1 fully saturated rings. The summed E-state index contributed by atoms with van der Waals surface area (Å²) < 4.78 is 0. The largest absolute Gasteiger partial charge is 0.340 e. The molecule has 0 saturated carbocycles. The van der Waals surface area contributed by atoms with Gasteiger partial charge < -0.3 is 10.2 Å². The quantitative estimate of drug-likeness (QED) is 0.757. The Balaban J connectivity index is 3.04. The molecule has 1 saturated heterocycles. The predicted molar refractivity (Wildman–Crippen MR) is 72.0 cm³/mol. The first-order valence-electron chi connectivity index (χ1n) is 6.61. The standard InChI is InChI=1S/C14H24N2O2/c1-6-8-9-16-11(10(3)4)12(17)15-14(5,7-2)13(16)18/h6,10-11H,1,7-9H2,2-5H3,(H,15,17). The summed E-state index contributed by atoms with van der Waals surface area (Å²) in [4.78, 5) is 26.4. The Kier molecular flexibility index (Phi) is 4.54. The van der Waals surface area contributed by atoms with E-state index in [2.05, 4.69) is 11.9 Å². The summed E-state index contributed by atoms with van der Waals surface area (Å²) in [7, 11) is 0. The van der Waals surface area contributed by atoms with E-state index >= 15 is 0 Å². The van der Waals surface area contributed by atoms with Crippen molar-refractivity contribution in [3.8, 4) is 0 Å². The molecular weight excluding hydrogens is 228 g/mol. The number of carbonyl (C=O) groups is 2. The van der Waals surface area contributed by atoms with Crippen LogP contribution in [0, 0.1) is 5.92 Å². The lowest BCUT2D eigenvalue weighted by Crippen LogP contribution is -2.70. The smallest absolute Gasteiger partial charge is 0.248 e. The Bertz CT molecular complexity index is 352. The molecule has 18 heavy (non-hydrogen) atoms. The van der Waals surface area contributed by atoms with Gasteiger partial charge in [-0.3, -0.25) is 9.59 Å². The molecule has 2 atom stereocenters. The first-order valence-corrected chi connectivity index (χ1v) is 6.61. The molecule has 4 nitrogen and oxygen atoms in total. The summed E-state index contributed by atoms with van der Waals surface area (Å²) in [5.41, 5.74) is -0.760. The fourth-order valence-corrected chi connectivity index (χ4v) is 2.36. The van der Waals surface area contributed by atoms with Crippen LogP contribution in [0.1, 0.15) is 40.5 Å². The van der Waals surface area contributed by atoms with Crippen molar-refractivity contribution in [1.29, 1.82) is 0 Å². The third-order valence-electron chi connectivity index (χ3n) is 3.65. The monoisotopic (exact) mass is 252 g/mol. The van der Waals surface area contributed by atoms with Gasteiger partial charge in [-0.2, -0.15) is 0 Å². The highest BCUT2D eigenvalue weighted by molar-refractivity contribution is 5.99. The summed E-state index contributed by atoms with van der Waals surface area (Å²) >= 11 is 0. The second-order valence-electron chi connectivity index (χ2n) is 5.44. The van der Waals surface area contributed by atoms with E-state index in [0.29, 0.717) is 19.4 Å². The fraction of sp³-hybridized carbons (Fsp3) is 0.714. The van der Waals surface area contributed by atoms with Crippen molar-refractivity contribution < 1.29 is 9.59 Å². The number of nitrogens with one attached hydrogen (secondary N) is 1. The molecule has 0 radical (unpaired) electrons. The Morgan fingerprint density at radius 2 is 2.11 bits per heavy atom. The van der Waals surface area contributed by atoms with Gasteiger partial charge in [0, 0.05) is 6.54 Å². The summed E-state index contributed by atoms with van der Waals surface area (Å²) in [5, 5.41) is 2.87. The van der Waals surface area contributed by atoms with E-state index in [1.807, 2.05) is 20.8 Å². The van der Waals surface area contributed by atoms with Crippen LogP contribution in [0.25, 0.3) is 0 Å². The number of hydrogen-bond donors (Lipinski definition) is 1. The van der Waals surface area contributed by atoms with Gasteiger partial charge in [-0.25, -0.2) is 0 Å². The van der Waals surface area contributed by atoms with Gasteiger partial charge >= 0.3 is 0 Å². The van der Waals surface area contributed by atoms with Gasteiger partial charge in [-0.15, -0.1) is 6.58 Å². The van der Waals surface area contributed by atoms with Crippen molar-refractivity contribution >= 4 is 11.8 Å². The van der Waals surface area contributed by atoms with Crippen LogP contribution in [0.15, 0.2) is 12.7 Å². The van der Waals surface area contributed by atoms with Crippen molar-refractivity contribution in [3.63, 3.8) is 0 Å². The molecule has 0 spiro atoms. The minimum atomic E-state index is -0.760. The maximum absolute atomic E-state index is 12.5. The number of hydrogen-bond acceptors (Lipinski definition) is 2. The second kappa shape index (κ2) is 5.55. The van der Waals surface area contributed by atoms with Gasteiger partial charge in [-0.1, -0.05) is 26.8 Å². The van der Waals surface area contributed by atoms with Crippen LogP contribution < -0.4 is 5.32 Å². The summed E-state index contributed by atoms with van der Waals surface area (Å²) in [5.74, 6) is 0.0864. The molecular formula is C14H24N2O2. The van der Waals surface area contributed by atoms with Crippen LogP contribution in [0.2, 0.25) is 0 Å². The average molecular weight is 252 g/mol. The minimum Gasteiger partial charge on any atom is -0.340 e. The Morgan fingerprint density at radius 3 is 2.56 bits per heavy atom. The van der Waals surface area contributed by atoms with Crippen LogP contribution in [0.5, 0.6) is 0 Å². The molecule has 1 rings (SSSR count).